The van der Waals surface area contributed by atoms with Crippen LogP contribution in [0.15, 0.2) is 0 Å². The van der Waals surface area contributed by atoms with E-state index >= 15 is 0 Å². The molecule has 0 aromatic heterocycles. The third kappa shape index (κ3) is 4.96. The molecular weight excluding hydrogens is 288 g/mol. The molecule has 0 bridgehead atoms. The number of carbonyl (C=O) groups is 3. The van der Waals surface area contributed by atoms with Gasteiger partial charge in [0.1, 0.15) is 18.8 Å². The number of carbonyl (C=O) groups excluding carboxylic acids is 3. The van der Waals surface area contributed by atoms with Crippen LogP contribution in [0.1, 0.15) is 20.8 Å². The lowest BCUT2D eigenvalue weighted by Gasteiger charge is -2.41. The number of ether oxygens (including phenoxy) is 4. The van der Waals surface area contributed by atoms with Gasteiger partial charge in [-0.05, 0) is 0 Å². The van der Waals surface area contributed by atoms with Crippen molar-refractivity contribution in [1.29, 1.82) is 0 Å². The molecule has 0 saturated carbocycles. The molecular formula is C12H18O9. The smallest absolute Gasteiger partial charge is 0.303 e. The second-order valence-electron chi connectivity index (χ2n) is 4.51. The standard InChI is InChI=1S/C12H18O9/c1-5(13)18-4-8-10(19-6(2)14)9(16)11(12(17)21-8)20-7(3)15/h8-12,16-17H,4H2,1-3H3/t8-,9+,10-,11-,12?/m1/s1. The van der Waals surface area contributed by atoms with E-state index in [1.54, 1.807) is 0 Å². The van der Waals surface area contributed by atoms with Crippen LogP contribution in [0.2, 0.25) is 0 Å². The summed E-state index contributed by atoms with van der Waals surface area (Å²) in [5.74, 6) is -2.07. The van der Waals surface area contributed by atoms with Gasteiger partial charge in [0.05, 0.1) is 0 Å². The van der Waals surface area contributed by atoms with Gasteiger partial charge in [0.15, 0.2) is 18.5 Å². The van der Waals surface area contributed by atoms with Gasteiger partial charge in [-0.15, -0.1) is 0 Å². The molecule has 1 aliphatic heterocycles. The molecule has 0 amide bonds. The third-order valence-corrected chi connectivity index (χ3v) is 2.69. The first-order chi connectivity index (χ1) is 9.72. The van der Waals surface area contributed by atoms with Gasteiger partial charge in [-0.25, -0.2) is 0 Å². The molecule has 0 aromatic carbocycles. The number of hydrogen-bond donors (Lipinski definition) is 2. The van der Waals surface area contributed by atoms with Crippen LogP contribution in [0.4, 0.5) is 0 Å². The van der Waals surface area contributed by atoms with Crippen molar-refractivity contribution in [3.05, 3.63) is 0 Å². The van der Waals surface area contributed by atoms with E-state index < -0.39 is 48.6 Å². The largest absolute Gasteiger partial charge is 0.463 e. The molecule has 0 radical (unpaired) electrons. The molecule has 0 aromatic rings. The van der Waals surface area contributed by atoms with Gasteiger partial charge in [0.25, 0.3) is 0 Å². The van der Waals surface area contributed by atoms with E-state index in [9.17, 15) is 24.6 Å². The molecule has 1 fully saturated rings. The Labute approximate surface area is 120 Å². The Morgan fingerprint density at radius 3 is 1.95 bits per heavy atom. The fourth-order valence-corrected chi connectivity index (χ4v) is 1.90. The Morgan fingerprint density at radius 2 is 1.48 bits per heavy atom. The number of aliphatic hydroxyl groups excluding tert-OH is 2. The highest BCUT2D eigenvalue weighted by atomic mass is 16.7. The third-order valence-electron chi connectivity index (χ3n) is 2.69. The van der Waals surface area contributed by atoms with Crippen LogP contribution in [-0.2, 0) is 33.3 Å². The molecule has 5 atom stereocenters. The summed E-state index contributed by atoms with van der Waals surface area (Å²) in [6.45, 7) is 3.03. The topological polar surface area (TPSA) is 129 Å². The van der Waals surface area contributed by atoms with Gasteiger partial charge < -0.3 is 29.2 Å². The Hall–Kier alpha value is -1.71. The highest BCUT2D eigenvalue weighted by Gasteiger charge is 2.48. The minimum Gasteiger partial charge on any atom is -0.463 e. The quantitative estimate of drug-likeness (QED) is 0.470. The predicted molar refractivity (Wildman–Crippen MR) is 64.6 cm³/mol. The van der Waals surface area contributed by atoms with Crippen LogP contribution < -0.4 is 0 Å². The fraction of sp³-hybridized carbons (Fsp3) is 0.750. The molecule has 1 aliphatic rings. The summed E-state index contributed by atoms with van der Waals surface area (Å²) in [7, 11) is 0. The summed E-state index contributed by atoms with van der Waals surface area (Å²) in [5.41, 5.74) is 0. The summed E-state index contributed by atoms with van der Waals surface area (Å²) in [5, 5.41) is 19.8. The lowest BCUT2D eigenvalue weighted by molar-refractivity contribution is -0.293. The van der Waals surface area contributed by atoms with Crippen LogP contribution in [0.3, 0.4) is 0 Å². The van der Waals surface area contributed by atoms with Gasteiger partial charge in [-0.2, -0.15) is 0 Å². The first-order valence-corrected chi connectivity index (χ1v) is 6.21. The number of esters is 3. The molecule has 0 spiro atoms. The van der Waals surface area contributed by atoms with E-state index in [1.807, 2.05) is 0 Å². The zero-order valence-corrected chi connectivity index (χ0v) is 11.8. The van der Waals surface area contributed by atoms with Crippen molar-refractivity contribution in [2.24, 2.45) is 0 Å². The minimum absolute atomic E-state index is 0.339. The average molecular weight is 306 g/mol. The molecule has 0 aliphatic carbocycles. The molecule has 1 saturated heterocycles. The lowest BCUT2D eigenvalue weighted by atomic mass is 9.99. The maximum atomic E-state index is 11.1. The summed E-state index contributed by atoms with van der Waals surface area (Å²) in [4.78, 5) is 32.8. The summed E-state index contributed by atoms with van der Waals surface area (Å²) in [6.07, 6.45) is -6.93. The van der Waals surface area contributed by atoms with Crippen LogP contribution in [-0.4, -0.2) is 65.4 Å². The van der Waals surface area contributed by atoms with Gasteiger partial charge in [0.2, 0.25) is 0 Å². The normalized spacial score (nSPS) is 32.1. The number of rotatable bonds is 4. The first kappa shape index (κ1) is 17.3. The number of hydrogen-bond acceptors (Lipinski definition) is 9. The second kappa shape index (κ2) is 7.34. The van der Waals surface area contributed by atoms with E-state index in [0.29, 0.717) is 0 Å². The van der Waals surface area contributed by atoms with Crippen molar-refractivity contribution in [2.75, 3.05) is 6.61 Å². The molecule has 21 heavy (non-hydrogen) atoms. The Bertz CT molecular complexity index is 406. The lowest BCUT2D eigenvalue weighted by Crippen LogP contribution is -2.61. The second-order valence-corrected chi connectivity index (χ2v) is 4.51. The van der Waals surface area contributed by atoms with E-state index in [0.717, 1.165) is 20.8 Å². The van der Waals surface area contributed by atoms with E-state index in [4.69, 9.17) is 18.9 Å². The van der Waals surface area contributed by atoms with Crippen molar-refractivity contribution >= 4 is 17.9 Å². The van der Waals surface area contributed by atoms with E-state index in [2.05, 4.69) is 0 Å². The SMILES string of the molecule is CC(=O)OC[C@H]1OC(O)[C@H](OC(C)=O)[C@@H](O)[C@@H]1OC(C)=O. The highest BCUT2D eigenvalue weighted by molar-refractivity contribution is 5.67. The monoisotopic (exact) mass is 306 g/mol. The fourth-order valence-electron chi connectivity index (χ4n) is 1.90. The molecule has 120 valence electrons. The number of aliphatic hydroxyl groups is 2. The molecule has 1 unspecified atom stereocenters. The Balaban J connectivity index is 2.86. The van der Waals surface area contributed by atoms with Gasteiger partial charge >= 0.3 is 17.9 Å². The van der Waals surface area contributed by atoms with Crippen LogP contribution >= 0.6 is 0 Å². The van der Waals surface area contributed by atoms with Crippen LogP contribution in [0, 0.1) is 0 Å². The van der Waals surface area contributed by atoms with Crippen molar-refractivity contribution in [3.63, 3.8) is 0 Å². The maximum Gasteiger partial charge on any atom is 0.303 e. The first-order valence-electron chi connectivity index (χ1n) is 6.21. The zero-order valence-electron chi connectivity index (χ0n) is 11.8. The summed E-state index contributed by atoms with van der Waals surface area (Å²) >= 11 is 0. The Morgan fingerprint density at radius 1 is 0.952 bits per heavy atom. The maximum absolute atomic E-state index is 11.1. The van der Waals surface area contributed by atoms with E-state index in [1.165, 1.54) is 0 Å². The highest BCUT2D eigenvalue weighted by Crippen LogP contribution is 2.25. The molecule has 1 rings (SSSR count). The van der Waals surface area contributed by atoms with Crippen molar-refractivity contribution in [2.45, 2.75) is 51.5 Å². The minimum atomic E-state index is -1.64. The van der Waals surface area contributed by atoms with Gasteiger partial charge in [-0.1, -0.05) is 0 Å². The van der Waals surface area contributed by atoms with E-state index in [-0.39, 0.29) is 6.61 Å². The van der Waals surface area contributed by atoms with Crippen molar-refractivity contribution in [1.82, 2.24) is 0 Å². The van der Waals surface area contributed by atoms with Crippen LogP contribution in [0.5, 0.6) is 0 Å². The zero-order chi connectivity index (χ0) is 16.2. The predicted octanol–water partition coefficient (Wildman–Crippen LogP) is -1.51. The molecule has 1 heterocycles. The van der Waals surface area contributed by atoms with Crippen LogP contribution in [0.25, 0.3) is 0 Å². The average Bonchev–Trinajstić information content (AvgIpc) is 2.35. The van der Waals surface area contributed by atoms with Gasteiger partial charge in [0, 0.05) is 20.8 Å². The molecule has 9 nitrogen and oxygen atoms in total. The summed E-state index contributed by atoms with van der Waals surface area (Å²) in [6, 6.07) is 0. The molecule has 2 N–H and O–H groups in total. The van der Waals surface area contributed by atoms with Gasteiger partial charge in [-0.3, -0.25) is 14.4 Å². The van der Waals surface area contributed by atoms with Crippen molar-refractivity contribution in [3.8, 4) is 0 Å². The van der Waals surface area contributed by atoms with Crippen molar-refractivity contribution < 1.29 is 43.5 Å². The molecule has 9 heteroatoms. The summed E-state index contributed by atoms with van der Waals surface area (Å²) < 4.78 is 19.5. The Kier molecular flexibility index (Phi) is 6.06.